The van der Waals surface area contributed by atoms with Gasteiger partial charge >= 0.3 is 0 Å². The number of rotatable bonds is 6. The summed E-state index contributed by atoms with van der Waals surface area (Å²) in [5, 5.41) is 4.42. The average molecular weight is 492 g/mol. The summed E-state index contributed by atoms with van der Waals surface area (Å²) in [6.07, 6.45) is 5.25. The van der Waals surface area contributed by atoms with Crippen LogP contribution in [0.3, 0.4) is 0 Å². The van der Waals surface area contributed by atoms with E-state index in [0.29, 0.717) is 6.54 Å². The van der Waals surface area contributed by atoms with Gasteiger partial charge in [0.05, 0.1) is 25.1 Å². The summed E-state index contributed by atoms with van der Waals surface area (Å²) in [6.45, 7) is 6.51. The normalized spacial score (nSPS) is 19.3. The largest absolute Gasteiger partial charge is 0.379 e. The first-order valence-electron chi connectivity index (χ1n) is 12.9. The van der Waals surface area contributed by atoms with E-state index >= 15 is 0 Å². The second-order valence-corrected chi connectivity index (χ2v) is 10.9. The molecule has 6 rings (SSSR count). The lowest BCUT2D eigenvalue weighted by Gasteiger charge is -2.33. The number of aromatic nitrogens is 2. The van der Waals surface area contributed by atoms with Crippen molar-refractivity contribution in [1.29, 1.82) is 0 Å². The second-order valence-electron chi connectivity index (χ2n) is 9.85. The number of aryl methyl sites for hydroxylation is 2. The van der Waals surface area contributed by atoms with Crippen LogP contribution in [0.1, 0.15) is 41.1 Å². The molecule has 2 aromatic heterocycles. The molecule has 35 heavy (non-hydrogen) atoms. The Hall–Kier alpha value is -2.55. The average Bonchev–Trinajstić information content (AvgIpc) is 3.49. The molecule has 0 saturated carbocycles. The van der Waals surface area contributed by atoms with E-state index in [0.717, 1.165) is 93.7 Å². The number of carbonyl (C=O) groups excluding carboxylic acids is 1. The predicted molar refractivity (Wildman–Crippen MR) is 139 cm³/mol. The summed E-state index contributed by atoms with van der Waals surface area (Å²) in [4.78, 5) is 30.5. The van der Waals surface area contributed by atoms with E-state index in [2.05, 4.69) is 27.2 Å². The van der Waals surface area contributed by atoms with Crippen molar-refractivity contribution in [3.05, 3.63) is 52.2 Å². The molecule has 4 heterocycles. The Bertz CT molecular complexity index is 1180. The SMILES string of the molecule is O=C(NCc1ccccc1)C1CCN(c2nc(CN3CCOCC3)nc3sc4c(c23)CCC4)CC1. The van der Waals surface area contributed by atoms with Crippen molar-refractivity contribution in [1.82, 2.24) is 20.2 Å². The summed E-state index contributed by atoms with van der Waals surface area (Å²) < 4.78 is 5.52. The molecule has 184 valence electrons. The molecular formula is C27H33N5O2S. The number of hydrogen-bond acceptors (Lipinski definition) is 7. The maximum Gasteiger partial charge on any atom is 0.223 e. The van der Waals surface area contributed by atoms with Crippen LogP contribution in [0.15, 0.2) is 30.3 Å². The number of morpholine rings is 1. The number of anilines is 1. The van der Waals surface area contributed by atoms with Gasteiger partial charge in [-0.25, -0.2) is 9.97 Å². The van der Waals surface area contributed by atoms with Crippen molar-refractivity contribution in [3.63, 3.8) is 0 Å². The first-order valence-corrected chi connectivity index (χ1v) is 13.7. The molecule has 1 aliphatic carbocycles. The monoisotopic (exact) mass is 491 g/mol. The molecule has 7 nitrogen and oxygen atoms in total. The van der Waals surface area contributed by atoms with Gasteiger partial charge in [-0.2, -0.15) is 0 Å². The number of nitrogens with zero attached hydrogens (tertiary/aromatic N) is 4. The number of ether oxygens (including phenoxy) is 1. The van der Waals surface area contributed by atoms with Crippen LogP contribution in [0, 0.1) is 5.92 Å². The third-order valence-corrected chi connectivity index (χ3v) is 8.72. The number of benzene rings is 1. The van der Waals surface area contributed by atoms with Crippen molar-refractivity contribution in [2.75, 3.05) is 44.3 Å². The molecule has 3 aromatic rings. The highest BCUT2D eigenvalue weighted by Gasteiger charge is 2.30. The quantitative estimate of drug-likeness (QED) is 0.569. The fourth-order valence-electron chi connectivity index (χ4n) is 5.56. The predicted octanol–water partition coefficient (Wildman–Crippen LogP) is 3.55. The molecule has 1 aromatic carbocycles. The van der Waals surface area contributed by atoms with Gasteiger partial charge in [0.15, 0.2) is 0 Å². The minimum atomic E-state index is 0.0632. The first kappa shape index (κ1) is 22.9. The van der Waals surface area contributed by atoms with E-state index < -0.39 is 0 Å². The molecule has 0 spiro atoms. The van der Waals surface area contributed by atoms with Crippen LogP contribution in [-0.4, -0.2) is 60.2 Å². The zero-order chi connectivity index (χ0) is 23.6. The van der Waals surface area contributed by atoms with E-state index in [9.17, 15) is 4.79 Å². The maximum absolute atomic E-state index is 12.8. The lowest BCUT2D eigenvalue weighted by molar-refractivity contribution is -0.125. The fraction of sp³-hybridized carbons (Fsp3) is 0.519. The number of nitrogens with one attached hydrogen (secondary N) is 1. The third-order valence-electron chi connectivity index (χ3n) is 7.54. The van der Waals surface area contributed by atoms with Crippen LogP contribution in [0.4, 0.5) is 5.82 Å². The molecule has 8 heteroatoms. The summed E-state index contributed by atoms with van der Waals surface area (Å²) in [6, 6.07) is 10.1. The summed E-state index contributed by atoms with van der Waals surface area (Å²) in [7, 11) is 0. The number of thiophene rings is 1. The van der Waals surface area contributed by atoms with E-state index in [1.807, 2.05) is 29.5 Å². The van der Waals surface area contributed by atoms with Crippen LogP contribution in [0.2, 0.25) is 0 Å². The van der Waals surface area contributed by atoms with Gasteiger partial charge in [-0.05, 0) is 43.2 Å². The lowest BCUT2D eigenvalue weighted by atomic mass is 9.95. The van der Waals surface area contributed by atoms with Crippen LogP contribution < -0.4 is 10.2 Å². The van der Waals surface area contributed by atoms with Crippen LogP contribution in [0.5, 0.6) is 0 Å². The Kier molecular flexibility index (Phi) is 6.67. The number of piperidine rings is 1. The minimum Gasteiger partial charge on any atom is -0.379 e. The molecule has 0 bridgehead atoms. The molecule has 2 saturated heterocycles. The molecule has 0 unspecified atom stereocenters. The molecule has 2 aliphatic heterocycles. The topological polar surface area (TPSA) is 70.6 Å². The Morgan fingerprint density at radius 1 is 1.06 bits per heavy atom. The molecule has 3 aliphatic rings. The zero-order valence-corrected chi connectivity index (χ0v) is 21.0. The standard InChI is InChI=1S/C27H33N5O2S/c33-26(28-17-19-5-2-1-3-6-19)20-9-11-32(12-10-20)25-24-21-7-4-8-22(21)35-27(24)30-23(29-25)18-31-13-15-34-16-14-31/h1-3,5-6,20H,4,7-18H2,(H,28,33). The highest BCUT2D eigenvalue weighted by Crippen LogP contribution is 2.41. The van der Waals surface area contributed by atoms with Gasteiger partial charge in [-0.15, -0.1) is 11.3 Å². The van der Waals surface area contributed by atoms with Gasteiger partial charge in [-0.3, -0.25) is 9.69 Å². The van der Waals surface area contributed by atoms with Crippen molar-refractivity contribution in [3.8, 4) is 0 Å². The van der Waals surface area contributed by atoms with Crippen LogP contribution in [-0.2, 0) is 35.5 Å². The van der Waals surface area contributed by atoms with Crippen LogP contribution >= 0.6 is 11.3 Å². The third kappa shape index (κ3) is 4.92. The van der Waals surface area contributed by atoms with Gasteiger partial charge < -0.3 is 15.0 Å². The molecule has 0 atom stereocenters. The number of fused-ring (bicyclic) bond motifs is 3. The molecule has 0 radical (unpaired) electrons. The van der Waals surface area contributed by atoms with Gasteiger partial charge in [0.1, 0.15) is 16.5 Å². The van der Waals surface area contributed by atoms with E-state index in [1.54, 1.807) is 0 Å². The van der Waals surface area contributed by atoms with Gasteiger partial charge in [0, 0.05) is 43.5 Å². The Morgan fingerprint density at radius 2 is 1.86 bits per heavy atom. The van der Waals surface area contributed by atoms with E-state index in [4.69, 9.17) is 14.7 Å². The zero-order valence-electron chi connectivity index (χ0n) is 20.2. The summed E-state index contributed by atoms with van der Waals surface area (Å²) in [5.41, 5.74) is 2.61. The maximum atomic E-state index is 12.8. The number of amides is 1. The Morgan fingerprint density at radius 3 is 2.66 bits per heavy atom. The van der Waals surface area contributed by atoms with Crippen molar-refractivity contribution in [2.24, 2.45) is 5.92 Å². The fourth-order valence-corrected chi connectivity index (χ4v) is 6.84. The van der Waals surface area contributed by atoms with E-state index in [1.165, 1.54) is 22.2 Å². The van der Waals surface area contributed by atoms with E-state index in [-0.39, 0.29) is 11.8 Å². The summed E-state index contributed by atoms with van der Waals surface area (Å²) in [5.74, 6) is 2.25. The summed E-state index contributed by atoms with van der Waals surface area (Å²) >= 11 is 1.87. The molecule has 1 amide bonds. The minimum absolute atomic E-state index is 0.0632. The Labute approximate surface area is 210 Å². The molecular weight excluding hydrogens is 458 g/mol. The van der Waals surface area contributed by atoms with Gasteiger partial charge in [-0.1, -0.05) is 30.3 Å². The lowest BCUT2D eigenvalue weighted by Crippen LogP contribution is -2.41. The van der Waals surface area contributed by atoms with Crippen molar-refractivity contribution >= 4 is 33.3 Å². The second kappa shape index (κ2) is 10.2. The molecule has 1 N–H and O–H groups in total. The first-order chi connectivity index (χ1) is 17.2. The van der Waals surface area contributed by atoms with Crippen molar-refractivity contribution < 1.29 is 9.53 Å². The highest BCUT2D eigenvalue weighted by atomic mass is 32.1. The van der Waals surface area contributed by atoms with Gasteiger partial charge in [0.2, 0.25) is 5.91 Å². The number of carbonyl (C=O) groups is 1. The van der Waals surface area contributed by atoms with Crippen LogP contribution in [0.25, 0.3) is 10.2 Å². The Balaban J connectivity index is 1.18. The number of hydrogen-bond donors (Lipinski definition) is 1. The highest BCUT2D eigenvalue weighted by molar-refractivity contribution is 7.19. The smallest absolute Gasteiger partial charge is 0.223 e. The molecule has 2 fully saturated rings. The van der Waals surface area contributed by atoms with Gasteiger partial charge in [0.25, 0.3) is 0 Å². The van der Waals surface area contributed by atoms with Crippen molar-refractivity contribution in [2.45, 2.75) is 45.2 Å².